The van der Waals surface area contributed by atoms with E-state index in [1.165, 1.54) is 4.68 Å². The molecule has 1 unspecified atom stereocenters. The molecule has 0 amide bonds. The van der Waals surface area contributed by atoms with E-state index in [0.29, 0.717) is 38.0 Å². The number of nitrogens with one attached hydrogen (secondary N) is 1. The molecule has 0 bridgehead atoms. The van der Waals surface area contributed by atoms with Crippen LogP contribution < -0.4 is 16.6 Å². The molecule has 3 N–H and O–H groups in total. The first-order chi connectivity index (χ1) is 10.1. The number of rotatable bonds is 6. The summed E-state index contributed by atoms with van der Waals surface area (Å²) in [5.74, 6) is 0. The first-order valence-electron chi connectivity index (χ1n) is 7.47. The third-order valence-electron chi connectivity index (χ3n) is 3.62. The fourth-order valence-electron chi connectivity index (χ4n) is 2.40. The van der Waals surface area contributed by atoms with Gasteiger partial charge in [-0.05, 0) is 13.8 Å². The molecule has 1 aromatic heterocycles. The van der Waals surface area contributed by atoms with E-state index in [-0.39, 0.29) is 11.7 Å². The zero-order valence-electron chi connectivity index (χ0n) is 12.8. The van der Waals surface area contributed by atoms with Crippen molar-refractivity contribution >= 4 is 5.69 Å². The first-order valence-corrected chi connectivity index (χ1v) is 7.47. The van der Waals surface area contributed by atoms with E-state index in [9.17, 15) is 4.79 Å². The molecular weight excluding hydrogens is 270 g/mol. The number of hydrogen-bond donors (Lipinski definition) is 2. The third-order valence-corrected chi connectivity index (χ3v) is 3.62. The highest BCUT2D eigenvalue weighted by Gasteiger charge is 2.23. The molecule has 1 atom stereocenters. The maximum Gasteiger partial charge on any atom is 0.268 e. The third kappa shape index (κ3) is 4.52. The van der Waals surface area contributed by atoms with Gasteiger partial charge >= 0.3 is 0 Å². The quantitative estimate of drug-likeness (QED) is 0.751. The molecule has 2 rings (SSSR count). The lowest BCUT2D eigenvalue weighted by Gasteiger charge is -2.35. The SMILES string of the molecule is CC(C)N1CCOC(Cn2ncc(NCCN)cc2=O)C1. The monoisotopic (exact) mass is 295 g/mol. The van der Waals surface area contributed by atoms with Gasteiger partial charge in [0.2, 0.25) is 0 Å². The molecule has 1 aliphatic heterocycles. The van der Waals surface area contributed by atoms with Crippen LogP contribution in [-0.2, 0) is 11.3 Å². The van der Waals surface area contributed by atoms with Crippen LogP contribution in [0, 0.1) is 0 Å². The van der Waals surface area contributed by atoms with Gasteiger partial charge in [-0.2, -0.15) is 5.10 Å². The van der Waals surface area contributed by atoms with Crippen molar-refractivity contribution in [2.75, 3.05) is 38.1 Å². The van der Waals surface area contributed by atoms with Crippen LogP contribution in [0.25, 0.3) is 0 Å². The highest BCUT2D eigenvalue weighted by Crippen LogP contribution is 2.10. The van der Waals surface area contributed by atoms with Crippen LogP contribution in [-0.4, -0.2) is 59.6 Å². The molecule has 1 aliphatic rings. The van der Waals surface area contributed by atoms with Crippen molar-refractivity contribution in [3.8, 4) is 0 Å². The summed E-state index contributed by atoms with van der Waals surface area (Å²) >= 11 is 0. The Morgan fingerprint density at radius 1 is 1.57 bits per heavy atom. The first kappa shape index (κ1) is 15.9. The summed E-state index contributed by atoms with van der Waals surface area (Å²) in [7, 11) is 0. The molecule has 7 heteroatoms. The van der Waals surface area contributed by atoms with Crippen molar-refractivity contribution < 1.29 is 4.74 Å². The van der Waals surface area contributed by atoms with E-state index < -0.39 is 0 Å². The number of nitrogens with two attached hydrogens (primary N) is 1. The van der Waals surface area contributed by atoms with Crippen LogP contribution in [0.2, 0.25) is 0 Å². The van der Waals surface area contributed by atoms with E-state index in [1.54, 1.807) is 12.3 Å². The van der Waals surface area contributed by atoms with Crippen LogP contribution in [0.4, 0.5) is 5.69 Å². The molecule has 0 spiro atoms. The Morgan fingerprint density at radius 2 is 2.38 bits per heavy atom. The van der Waals surface area contributed by atoms with Crippen molar-refractivity contribution in [2.24, 2.45) is 5.73 Å². The highest BCUT2D eigenvalue weighted by molar-refractivity contribution is 5.38. The Kier molecular flexibility index (Phi) is 5.72. The van der Waals surface area contributed by atoms with Crippen LogP contribution in [0.1, 0.15) is 13.8 Å². The minimum absolute atomic E-state index is 0.00852. The topological polar surface area (TPSA) is 85.4 Å². The molecule has 1 saturated heterocycles. The molecule has 1 fully saturated rings. The average molecular weight is 295 g/mol. The summed E-state index contributed by atoms with van der Waals surface area (Å²) in [5.41, 5.74) is 6.00. The number of anilines is 1. The predicted molar refractivity (Wildman–Crippen MR) is 82.5 cm³/mol. The van der Waals surface area contributed by atoms with Gasteiger partial charge in [0.25, 0.3) is 5.56 Å². The van der Waals surface area contributed by atoms with Crippen LogP contribution >= 0.6 is 0 Å². The lowest BCUT2D eigenvalue weighted by Crippen LogP contribution is -2.48. The largest absolute Gasteiger partial charge is 0.382 e. The van der Waals surface area contributed by atoms with E-state index in [2.05, 4.69) is 29.2 Å². The molecule has 21 heavy (non-hydrogen) atoms. The summed E-state index contributed by atoms with van der Waals surface area (Å²) in [4.78, 5) is 14.4. The fraction of sp³-hybridized carbons (Fsp3) is 0.714. The Labute approximate surface area is 125 Å². The summed E-state index contributed by atoms with van der Waals surface area (Å²) in [5, 5.41) is 7.25. The van der Waals surface area contributed by atoms with Crippen LogP contribution in [0.3, 0.4) is 0 Å². The number of morpholine rings is 1. The van der Waals surface area contributed by atoms with Crippen molar-refractivity contribution in [1.29, 1.82) is 0 Å². The van der Waals surface area contributed by atoms with Gasteiger partial charge in [-0.25, -0.2) is 4.68 Å². The van der Waals surface area contributed by atoms with E-state index in [4.69, 9.17) is 10.5 Å². The second-order valence-electron chi connectivity index (χ2n) is 5.56. The Morgan fingerprint density at radius 3 is 3.05 bits per heavy atom. The van der Waals surface area contributed by atoms with Crippen molar-refractivity contribution in [2.45, 2.75) is 32.5 Å². The zero-order chi connectivity index (χ0) is 15.2. The van der Waals surface area contributed by atoms with Gasteiger partial charge in [-0.3, -0.25) is 9.69 Å². The molecule has 0 radical (unpaired) electrons. The molecule has 1 aromatic rings. The maximum atomic E-state index is 12.1. The number of ether oxygens (including phenoxy) is 1. The van der Waals surface area contributed by atoms with Crippen molar-refractivity contribution in [3.63, 3.8) is 0 Å². The second kappa shape index (κ2) is 7.53. The Bertz CT molecular complexity index is 502. The Balaban J connectivity index is 1.97. The van der Waals surface area contributed by atoms with Gasteiger partial charge in [0.1, 0.15) is 0 Å². The number of hydrogen-bond acceptors (Lipinski definition) is 6. The van der Waals surface area contributed by atoms with Crippen LogP contribution in [0.15, 0.2) is 17.1 Å². The molecule has 7 nitrogen and oxygen atoms in total. The minimum atomic E-state index is -0.123. The lowest BCUT2D eigenvalue weighted by atomic mass is 10.2. The van der Waals surface area contributed by atoms with Gasteiger partial charge in [0.15, 0.2) is 0 Å². The van der Waals surface area contributed by atoms with E-state index >= 15 is 0 Å². The number of nitrogens with zero attached hydrogens (tertiary/aromatic N) is 3. The lowest BCUT2D eigenvalue weighted by molar-refractivity contribution is -0.0475. The van der Waals surface area contributed by atoms with Crippen molar-refractivity contribution in [1.82, 2.24) is 14.7 Å². The minimum Gasteiger partial charge on any atom is -0.382 e. The van der Waals surface area contributed by atoms with Gasteiger partial charge in [0.05, 0.1) is 31.1 Å². The molecule has 0 saturated carbocycles. The number of aromatic nitrogens is 2. The molecule has 0 aromatic carbocycles. The summed E-state index contributed by atoms with van der Waals surface area (Å²) in [6.07, 6.45) is 1.66. The summed E-state index contributed by atoms with van der Waals surface area (Å²) < 4.78 is 7.20. The van der Waals surface area contributed by atoms with Crippen molar-refractivity contribution in [3.05, 3.63) is 22.6 Å². The summed E-state index contributed by atoms with van der Waals surface area (Å²) in [6.45, 7) is 8.45. The highest BCUT2D eigenvalue weighted by atomic mass is 16.5. The molecular formula is C14H25N5O2. The standard InChI is InChI=1S/C14H25N5O2/c1-11(2)18-5-6-21-13(9-18)10-19-14(20)7-12(8-17-19)16-4-3-15/h7-8,11,13,16H,3-6,9-10,15H2,1-2H3. The smallest absolute Gasteiger partial charge is 0.268 e. The van der Waals surface area contributed by atoms with E-state index in [1.807, 2.05) is 0 Å². The van der Waals surface area contributed by atoms with E-state index in [0.717, 1.165) is 13.1 Å². The normalized spacial score (nSPS) is 19.9. The van der Waals surface area contributed by atoms with Gasteiger partial charge < -0.3 is 15.8 Å². The zero-order valence-corrected chi connectivity index (χ0v) is 12.8. The summed E-state index contributed by atoms with van der Waals surface area (Å²) in [6, 6.07) is 2.04. The Hall–Kier alpha value is -1.44. The molecule has 118 valence electrons. The maximum absolute atomic E-state index is 12.1. The molecule has 2 heterocycles. The van der Waals surface area contributed by atoms with Gasteiger partial charge in [-0.15, -0.1) is 0 Å². The fourth-order valence-corrected chi connectivity index (χ4v) is 2.40. The van der Waals surface area contributed by atoms with Gasteiger partial charge in [0, 0.05) is 38.3 Å². The van der Waals surface area contributed by atoms with Gasteiger partial charge in [-0.1, -0.05) is 0 Å². The molecule has 0 aliphatic carbocycles. The average Bonchev–Trinajstić information content (AvgIpc) is 2.48. The predicted octanol–water partition coefficient (Wildman–Crippen LogP) is -0.277. The van der Waals surface area contributed by atoms with Crippen LogP contribution in [0.5, 0.6) is 0 Å². The second-order valence-corrected chi connectivity index (χ2v) is 5.56.